The van der Waals surface area contributed by atoms with E-state index in [2.05, 4.69) is 5.32 Å². The number of ether oxygens (including phenoxy) is 3. The van der Waals surface area contributed by atoms with Crippen LogP contribution in [-0.4, -0.2) is 19.2 Å². The van der Waals surface area contributed by atoms with Gasteiger partial charge in [0.05, 0.1) is 23.8 Å². The van der Waals surface area contributed by atoms with E-state index >= 15 is 0 Å². The number of halogens is 2. The summed E-state index contributed by atoms with van der Waals surface area (Å²) in [5.74, 6) is 0.744. The summed E-state index contributed by atoms with van der Waals surface area (Å²) in [6.45, 7) is 5.36. The molecule has 0 atom stereocenters. The van der Waals surface area contributed by atoms with Gasteiger partial charge in [0, 0.05) is 17.3 Å². The number of hydrogen-bond acceptors (Lipinski definition) is 5. The Morgan fingerprint density at radius 1 is 0.906 bits per heavy atom. The normalized spacial score (nSPS) is 10.5. The van der Waals surface area contributed by atoms with Crippen LogP contribution < -0.4 is 14.8 Å². The van der Waals surface area contributed by atoms with E-state index in [4.69, 9.17) is 37.4 Å². The monoisotopic (exact) mass is 473 g/mol. The molecule has 3 aromatic rings. The zero-order chi connectivity index (χ0) is 22.9. The lowest BCUT2D eigenvalue weighted by Gasteiger charge is -2.16. The maximum atomic E-state index is 11.8. The Labute approximate surface area is 198 Å². The van der Waals surface area contributed by atoms with Gasteiger partial charge in [0.2, 0.25) is 0 Å². The predicted molar refractivity (Wildman–Crippen MR) is 128 cm³/mol. The summed E-state index contributed by atoms with van der Waals surface area (Å²) in [5, 5.41) is 4.43. The third-order valence-electron chi connectivity index (χ3n) is 4.53. The van der Waals surface area contributed by atoms with Crippen molar-refractivity contribution >= 4 is 34.9 Å². The molecule has 168 valence electrons. The average molecular weight is 474 g/mol. The second-order valence-electron chi connectivity index (χ2n) is 6.91. The van der Waals surface area contributed by atoms with E-state index in [0.29, 0.717) is 53.5 Å². The second-order valence-corrected chi connectivity index (χ2v) is 7.75. The average Bonchev–Trinajstić information content (AvgIpc) is 2.78. The predicted octanol–water partition coefficient (Wildman–Crippen LogP) is 6.76. The van der Waals surface area contributed by atoms with E-state index in [1.807, 2.05) is 55.5 Å². The minimum absolute atomic E-state index is 0.324. The maximum absolute atomic E-state index is 11.8. The van der Waals surface area contributed by atoms with Crippen LogP contribution in [0.1, 0.15) is 35.3 Å². The Kier molecular flexibility index (Phi) is 8.65. The summed E-state index contributed by atoms with van der Waals surface area (Å²) in [5.41, 5.74) is 3.25. The number of esters is 1. The van der Waals surface area contributed by atoms with Crippen LogP contribution in [-0.2, 0) is 17.9 Å². The molecule has 0 heterocycles. The number of carbonyl (C=O) groups is 1. The van der Waals surface area contributed by atoms with Crippen LogP contribution in [0.5, 0.6) is 11.5 Å². The van der Waals surface area contributed by atoms with Crippen molar-refractivity contribution in [3.8, 4) is 11.5 Å². The van der Waals surface area contributed by atoms with Gasteiger partial charge in [-0.2, -0.15) is 0 Å². The lowest BCUT2D eigenvalue weighted by Crippen LogP contribution is -2.05. The number of nitrogens with one attached hydrogen (secondary N) is 1. The molecule has 32 heavy (non-hydrogen) atoms. The molecule has 0 amide bonds. The SMILES string of the molecule is CCOC(=O)c1ccc(NCc2cc(Cl)c(OCc3cccc(Cl)c3)c(OCC)c2)cc1. The van der Waals surface area contributed by atoms with Crippen LogP contribution in [0.3, 0.4) is 0 Å². The van der Waals surface area contributed by atoms with Crippen LogP contribution in [0.15, 0.2) is 60.7 Å². The first-order valence-corrected chi connectivity index (χ1v) is 11.1. The summed E-state index contributed by atoms with van der Waals surface area (Å²) < 4.78 is 16.7. The standard InChI is InChI=1S/C25H25Cl2NO4/c1-3-30-23-14-18(15-28-21-10-8-19(9-11-21)25(29)31-4-2)13-22(27)24(23)32-16-17-6-5-7-20(26)12-17/h5-14,28H,3-4,15-16H2,1-2H3. The van der Waals surface area contributed by atoms with Crippen molar-refractivity contribution in [3.05, 3.63) is 87.4 Å². The number of carbonyl (C=O) groups excluding carboxylic acids is 1. The van der Waals surface area contributed by atoms with Gasteiger partial charge >= 0.3 is 5.97 Å². The number of rotatable bonds is 10. The lowest BCUT2D eigenvalue weighted by atomic mass is 10.1. The molecule has 0 bridgehead atoms. The second kappa shape index (κ2) is 11.7. The van der Waals surface area contributed by atoms with E-state index in [9.17, 15) is 4.79 Å². The zero-order valence-corrected chi connectivity index (χ0v) is 19.5. The highest BCUT2D eigenvalue weighted by Gasteiger charge is 2.13. The summed E-state index contributed by atoms with van der Waals surface area (Å²) in [6, 6.07) is 18.3. The Morgan fingerprint density at radius 3 is 2.38 bits per heavy atom. The van der Waals surface area contributed by atoms with Crippen molar-refractivity contribution in [2.45, 2.75) is 27.0 Å². The van der Waals surface area contributed by atoms with Crippen molar-refractivity contribution in [1.29, 1.82) is 0 Å². The van der Waals surface area contributed by atoms with Crippen LogP contribution in [0.25, 0.3) is 0 Å². The van der Waals surface area contributed by atoms with Gasteiger partial charge in [0.15, 0.2) is 11.5 Å². The molecular formula is C25H25Cl2NO4. The number of hydrogen-bond donors (Lipinski definition) is 1. The third-order valence-corrected chi connectivity index (χ3v) is 5.05. The highest BCUT2D eigenvalue weighted by atomic mass is 35.5. The third kappa shape index (κ3) is 6.55. The van der Waals surface area contributed by atoms with E-state index in [1.165, 1.54) is 0 Å². The fourth-order valence-electron chi connectivity index (χ4n) is 3.05. The van der Waals surface area contributed by atoms with E-state index in [1.54, 1.807) is 19.1 Å². The molecule has 3 aromatic carbocycles. The van der Waals surface area contributed by atoms with Gasteiger partial charge in [-0.05, 0) is 73.5 Å². The van der Waals surface area contributed by atoms with E-state index in [-0.39, 0.29) is 5.97 Å². The van der Waals surface area contributed by atoms with E-state index < -0.39 is 0 Å². The molecule has 0 spiro atoms. The number of benzene rings is 3. The van der Waals surface area contributed by atoms with Crippen LogP contribution >= 0.6 is 23.2 Å². The summed E-state index contributed by atoms with van der Waals surface area (Å²) in [7, 11) is 0. The molecule has 0 unspecified atom stereocenters. The summed E-state index contributed by atoms with van der Waals surface area (Å²) in [6.07, 6.45) is 0. The maximum Gasteiger partial charge on any atom is 0.338 e. The molecule has 7 heteroatoms. The van der Waals surface area contributed by atoms with Gasteiger partial charge < -0.3 is 19.5 Å². The minimum Gasteiger partial charge on any atom is -0.490 e. The molecule has 5 nitrogen and oxygen atoms in total. The van der Waals surface area contributed by atoms with Gasteiger partial charge in [-0.15, -0.1) is 0 Å². The minimum atomic E-state index is -0.333. The molecular weight excluding hydrogens is 449 g/mol. The van der Waals surface area contributed by atoms with Gasteiger partial charge in [-0.3, -0.25) is 0 Å². The Balaban J connectivity index is 1.69. The fourth-order valence-corrected chi connectivity index (χ4v) is 3.55. The molecule has 0 radical (unpaired) electrons. The summed E-state index contributed by atoms with van der Waals surface area (Å²) in [4.78, 5) is 11.8. The Hall–Kier alpha value is -2.89. The topological polar surface area (TPSA) is 56.8 Å². The zero-order valence-electron chi connectivity index (χ0n) is 18.0. The largest absolute Gasteiger partial charge is 0.490 e. The highest BCUT2D eigenvalue weighted by molar-refractivity contribution is 6.32. The molecule has 0 aliphatic carbocycles. The van der Waals surface area contributed by atoms with Gasteiger partial charge in [-0.1, -0.05) is 35.3 Å². The molecule has 0 saturated heterocycles. The van der Waals surface area contributed by atoms with Crippen LogP contribution in [0.4, 0.5) is 5.69 Å². The van der Waals surface area contributed by atoms with Crippen LogP contribution in [0.2, 0.25) is 10.0 Å². The van der Waals surface area contributed by atoms with E-state index in [0.717, 1.165) is 16.8 Å². The molecule has 0 fully saturated rings. The van der Waals surface area contributed by atoms with Crippen molar-refractivity contribution < 1.29 is 19.0 Å². The van der Waals surface area contributed by atoms with Crippen molar-refractivity contribution in [1.82, 2.24) is 0 Å². The molecule has 0 aliphatic rings. The molecule has 3 rings (SSSR count). The molecule has 0 aliphatic heterocycles. The molecule has 0 aromatic heterocycles. The van der Waals surface area contributed by atoms with Gasteiger partial charge in [0.25, 0.3) is 0 Å². The first kappa shape index (κ1) is 23.8. The van der Waals surface area contributed by atoms with Crippen LogP contribution in [0, 0.1) is 0 Å². The molecule has 1 N–H and O–H groups in total. The van der Waals surface area contributed by atoms with Crippen molar-refractivity contribution in [2.75, 3.05) is 18.5 Å². The highest BCUT2D eigenvalue weighted by Crippen LogP contribution is 2.37. The first-order chi connectivity index (χ1) is 15.5. The molecule has 0 saturated carbocycles. The van der Waals surface area contributed by atoms with Gasteiger partial charge in [0.1, 0.15) is 6.61 Å². The van der Waals surface area contributed by atoms with Crippen molar-refractivity contribution in [3.63, 3.8) is 0 Å². The van der Waals surface area contributed by atoms with Crippen molar-refractivity contribution in [2.24, 2.45) is 0 Å². The quantitative estimate of drug-likeness (QED) is 0.329. The Bertz CT molecular complexity index is 1050. The smallest absolute Gasteiger partial charge is 0.338 e. The number of anilines is 1. The lowest BCUT2D eigenvalue weighted by molar-refractivity contribution is 0.0526. The summed E-state index contributed by atoms with van der Waals surface area (Å²) >= 11 is 12.6. The first-order valence-electron chi connectivity index (χ1n) is 10.3. The van der Waals surface area contributed by atoms with Gasteiger partial charge in [-0.25, -0.2) is 4.79 Å². The Morgan fingerprint density at radius 2 is 1.69 bits per heavy atom. The fraction of sp³-hybridized carbons (Fsp3) is 0.240.